The Morgan fingerprint density at radius 2 is 2.50 bits per heavy atom. The summed E-state index contributed by atoms with van der Waals surface area (Å²) in [6, 6.07) is 3.64. The summed E-state index contributed by atoms with van der Waals surface area (Å²) in [5, 5.41) is 2.73. The topological polar surface area (TPSA) is 42.2 Å². The number of amides is 1. The predicted molar refractivity (Wildman–Crippen MR) is 44.3 cm³/mol. The summed E-state index contributed by atoms with van der Waals surface area (Å²) < 4.78 is 5.09. The van der Waals surface area contributed by atoms with E-state index in [1.807, 2.05) is 6.07 Å². The average Bonchev–Trinajstić information content (AvgIpc) is 2.65. The molecule has 1 N–H and O–H groups in total. The van der Waals surface area contributed by atoms with Gasteiger partial charge in [-0.1, -0.05) is 0 Å². The summed E-state index contributed by atoms with van der Waals surface area (Å²) in [5.41, 5.74) is 0.796. The highest BCUT2D eigenvalue weighted by atomic mass is 16.3. The van der Waals surface area contributed by atoms with Gasteiger partial charge >= 0.3 is 0 Å². The van der Waals surface area contributed by atoms with Gasteiger partial charge in [0.1, 0.15) is 5.76 Å². The molecule has 0 bridgehead atoms. The zero-order valence-corrected chi connectivity index (χ0v) is 6.54. The van der Waals surface area contributed by atoms with Gasteiger partial charge in [0.25, 0.3) is 0 Å². The van der Waals surface area contributed by atoms with Crippen molar-refractivity contribution < 1.29 is 9.21 Å². The summed E-state index contributed by atoms with van der Waals surface area (Å²) in [6.07, 6.45) is 4.17. The van der Waals surface area contributed by atoms with Crippen molar-refractivity contribution in [3.05, 3.63) is 29.7 Å². The normalized spacial score (nSPS) is 20.0. The lowest BCUT2D eigenvalue weighted by Crippen LogP contribution is -2.13. The number of furan rings is 1. The lowest BCUT2D eigenvalue weighted by atomic mass is 10.2. The van der Waals surface area contributed by atoms with E-state index in [0.717, 1.165) is 24.3 Å². The summed E-state index contributed by atoms with van der Waals surface area (Å²) in [4.78, 5) is 11.1. The smallest absolute Gasteiger partial charge is 0.247 e. The first-order valence-corrected chi connectivity index (χ1v) is 3.88. The summed E-state index contributed by atoms with van der Waals surface area (Å²) in [5.74, 6) is 0.758. The van der Waals surface area contributed by atoms with Crippen LogP contribution in [0.5, 0.6) is 0 Å². The average molecular weight is 163 g/mol. The Labute approximate surface area is 70.1 Å². The van der Waals surface area contributed by atoms with Crippen molar-refractivity contribution in [1.29, 1.82) is 0 Å². The number of carbonyl (C=O) groups is 1. The van der Waals surface area contributed by atoms with Crippen LogP contribution >= 0.6 is 0 Å². The molecule has 1 aromatic heterocycles. The highest BCUT2D eigenvalue weighted by Crippen LogP contribution is 2.13. The molecule has 0 unspecified atom stereocenters. The molecule has 12 heavy (non-hydrogen) atoms. The molecule has 1 saturated heterocycles. The van der Waals surface area contributed by atoms with Crippen LogP contribution in [-0.4, -0.2) is 12.5 Å². The predicted octanol–water partition coefficient (Wildman–Crippen LogP) is 1.18. The minimum atomic E-state index is 0.0198. The largest absolute Gasteiger partial charge is 0.465 e. The van der Waals surface area contributed by atoms with Crippen molar-refractivity contribution in [3.63, 3.8) is 0 Å². The molecule has 0 aromatic carbocycles. The Morgan fingerprint density at radius 1 is 1.58 bits per heavy atom. The third-order valence-corrected chi connectivity index (χ3v) is 1.83. The zero-order chi connectivity index (χ0) is 8.39. The van der Waals surface area contributed by atoms with Gasteiger partial charge in [-0.05, 0) is 24.6 Å². The SMILES string of the molecule is O=C1NCCC1=Cc1ccco1. The Balaban J connectivity index is 2.23. The lowest BCUT2D eigenvalue weighted by Gasteiger charge is -1.89. The zero-order valence-electron chi connectivity index (χ0n) is 6.54. The van der Waals surface area contributed by atoms with Crippen LogP contribution in [0.2, 0.25) is 0 Å². The van der Waals surface area contributed by atoms with Gasteiger partial charge in [0.15, 0.2) is 0 Å². The van der Waals surface area contributed by atoms with E-state index in [1.54, 1.807) is 18.4 Å². The Bertz CT molecular complexity index is 311. The standard InChI is InChI=1S/C9H9NO2/c11-9-7(3-4-10-9)6-8-2-1-5-12-8/h1-2,5-6H,3-4H2,(H,10,11). The summed E-state index contributed by atoms with van der Waals surface area (Å²) >= 11 is 0. The molecule has 1 fully saturated rings. The van der Waals surface area contributed by atoms with E-state index in [9.17, 15) is 4.79 Å². The van der Waals surface area contributed by atoms with Crippen LogP contribution in [-0.2, 0) is 4.79 Å². The van der Waals surface area contributed by atoms with E-state index >= 15 is 0 Å². The summed E-state index contributed by atoms with van der Waals surface area (Å²) in [7, 11) is 0. The highest BCUT2D eigenvalue weighted by Gasteiger charge is 2.15. The molecule has 3 heteroatoms. The van der Waals surface area contributed by atoms with Crippen molar-refractivity contribution in [1.82, 2.24) is 5.32 Å². The van der Waals surface area contributed by atoms with Crippen LogP contribution in [0, 0.1) is 0 Å². The van der Waals surface area contributed by atoms with E-state index in [4.69, 9.17) is 4.42 Å². The van der Waals surface area contributed by atoms with E-state index in [-0.39, 0.29) is 5.91 Å². The first kappa shape index (κ1) is 7.16. The summed E-state index contributed by atoms with van der Waals surface area (Å²) in [6.45, 7) is 0.741. The maximum absolute atomic E-state index is 11.1. The van der Waals surface area contributed by atoms with Crippen molar-refractivity contribution in [3.8, 4) is 0 Å². The van der Waals surface area contributed by atoms with Crippen LogP contribution in [0.25, 0.3) is 6.08 Å². The molecule has 1 aliphatic heterocycles. The van der Waals surface area contributed by atoms with Crippen LogP contribution in [0.15, 0.2) is 28.4 Å². The quantitative estimate of drug-likeness (QED) is 0.632. The maximum atomic E-state index is 11.1. The fourth-order valence-electron chi connectivity index (χ4n) is 1.22. The number of carbonyl (C=O) groups excluding carboxylic acids is 1. The van der Waals surface area contributed by atoms with Crippen LogP contribution in [0.1, 0.15) is 12.2 Å². The van der Waals surface area contributed by atoms with E-state index in [1.165, 1.54) is 0 Å². The Hall–Kier alpha value is -1.51. The molecule has 1 aliphatic rings. The molecule has 2 heterocycles. The van der Waals surface area contributed by atoms with Crippen molar-refractivity contribution in [2.24, 2.45) is 0 Å². The van der Waals surface area contributed by atoms with Gasteiger partial charge in [0, 0.05) is 12.1 Å². The monoisotopic (exact) mass is 163 g/mol. The fraction of sp³-hybridized carbons (Fsp3) is 0.222. The molecule has 62 valence electrons. The van der Waals surface area contributed by atoms with Gasteiger partial charge in [0.2, 0.25) is 5.91 Å². The Morgan fingerprint density at radius 3 is 3.08 bits per heavy atom. The molecule has 0 spiro atoms. The van der Waals surface area contributed by atoms with Gasteiger partial charge < -0.3 is 9.73 Å². The lowest BCUT2D eigenvalue weighted by molar-refractivity contribution is -0.116. The highest BCUT2D eigenvalue weighted by molar-refractivity contribution is 5.99. The minimum Gasteiger partial charge on any atom is -0.465 e. The second-order valence-corrected chi connectivity index (χ2v) is 2.69. The molecule has 1 aromatic rings. The third-order valence-electron chi connectivity index (χ3n) is 1.83. The van der Waals surface area contributed by atoms with E-state index in [2.05, 4.69) is 5.32 Å². The molecule has 0 radical (unpaired) electrons. The van der Waals surface area contributed by atoms with Crippen LogP contribution in [0.4, 0.5) is 0 Å². The molecule has 0 saturated carbocycles. The number of hydrogen-bond acceptors (Lipinski definition) is 2. The van der Waals surface area contributed by atoms with Gasteiger partial charge in [0.05, 0.1) is 6.26 Å². The Kier molecular flexibility index (Phi) is 1.70. The first-order chi connectivity index (χ1) is 5.86. The van der Waals surface area contributed by atoms with E-state index in [0.29, 0.717) is 0 Å². The fourth-order valence-corrected chi connectivity index (χ4v) is 1.22. The molecular weight excluding hydrogens is 154 g/mol. The second-order valence-electron chi connectivity index (χ2n) is 2.69. The molecule has 2 rings (SSSR count). The molecular formula is C9H9NO2. The van der Waals surface area contributed by atoms with Gasteiger partial charge in [-0.25, -0.2) is 0 Å². The van der Waals surface area contributed by atoms with Gasteiger partial charge in [-0.3, -0.25) is 4.79 Å². The number of nitrogens with one attached hydrogen (secondary N) is 1. The molecule has 0 atom stereocenters. The number of rotatable bonds is 1. The molecule has 1 amide bonds. The molecule has 3 nitrogen and oxygen atoms in total. The van der Waals surface area contributed by atoms with Crippen molar-refractivity contribution >= 4 is 12.0 Å². The van der Waals surface area contributed by atoms with Gasteiger partial charge in [-0.15, -0.1) is 0 Å². The van der Waals surface area contributed by atoms with Crippen molar-refractivity contribution in [2.45, 2.75) is 6.42 Å². The van der Waals surface area contributed by atoms with Crippen molar-refractivity contribution in [2.75, 3.05) is 6.54 Å². The second kappa shape index (κ2) is 2.85. The third kappa shape index (κ3) is 1.25. The van der Waals surface area contributed by atoms with Crippen LogP contribution in [0.3, 0.4) is 0 Å². The van der Waals surface area contributed by atoms with Crippen LogP contribution < -0.4 is 5.32 Å². The maximum Gasteiger partial charge on any atom is 0.247 e. The van der Waals surface area contributed by atoms with E-state index < -0.39 is 0 Å². The molecule has 0 aliphatic carbocycles. The minimum absolute atomic E-state index is 0.0198. The first-order valence-electron chi connectivity index (χ1n) is 3.88. The van der Waals surface area contributed by atoms with Gasteiger partial charge in [-0.2, -0.15) is 0 Å². The number of hydrogen-bond donors (Lipinski definition) is 1.